The molecule has 4 nitrogen and oxygen atoms in total. The molecule has 1 heterocycles. The Labute approximate surface area is 90.8 Å². The molecule has 0 unspecified atom stereocenters. The molecule has 0 aromatic carbocycles. The van der Waals surface area contributed by atoms with E-state index in [0.717, 1.165) is 31.9 Å². The molecule has 1 rings (SSSR count). The summed E-state index contributed by atoms with van der Waals surface area (Å²) in [4.78, 5) is 3.98. The van der Waals surface area contributed by atoms with Crippen LogP contribution in [0.4, 0.5) is 11.4 Å². The van der Waals surface area contributed by atoms with Crippen LogP contribution in [0, 0.1) is 0 Å². The number of nitrogens with one attached hydrogen (secondary N) is 1. The lowest BCUT2D eigenvalue weighted by Gasteiger charge is -2.06. The predicted octanol–water partition coefficient (Wildman–Crippen LogP) is 1.89. The average Bonchev–Trinajstić information content (AvgIpc) is 2.23. The summed E-state index contributed by atoms with van der Waals surface area (Å²) in [5, 5.41) is 3.19. The molecule has 0 saturated heterocycles. The Morgan fingerprint density at radius 1 is 1.40 bits per heavy atom. The summed E-state index contributed by atoms with van der Waals surface area (Å²) >= 11 is 0. The Hall–Kier alpha value is -1.29. The van der Waals surface area contributed by atoms with Crippen molar-refractivity contribution in [2.24, 2.45) is 0 Å². The van der Waals surface area contributed by atoms with Crippen molar-refractivity contribution in [3.05, 3.63) is 18.5 Å². The van der Waals surface area contributed by atoms with Crippen LogP contribution in [0.25, 0.3) is 0 Å². The normalized spacial score (nSPS) is 10.2. The summed E-state index contributed by atoms with van der Waals surface area (Å²) in [6, 6.07) is 1.86. The predicted molar refractivity (Wildman–Crippen MR) is 62.9 cm³/mol. The first kappa shape index (κ1) is 11.8. The van der Waals surface area contributed by atoms with Crippen LogP contribution >= 0.6 is 0 Å². The van der Waals surface area contributed by atoms with Gasteiger partial charge in [-0.1, -0.05) is 13.3 Å². The molecule has 0 aliphatic rings. The monoisotopic (exact) mass is 209 g/mol. The Kier molecular flexibility index (Phi) is 5.55. The van der Waals surface area contributed by atoms with E-state index in [1.807, 2.05) is 6.07 Å². The molecule has 84 valence electrons. The van der Waals surface area contributed by atoms with Gasteiger partial charge < -0.3 is 15.8 Å². The van der Waals surface area contributed by atoms with Gasteiger partial charge in [-0.05, 0) is 12.5 Å². The quantitative estimate of drug-likeness (QED) is 0.673. The number of anilines is 2. The van der Waals surface area contributed by atoms with E-state index in [-0.39, 0.29) is 0 Å². The number of nitrogens with zero attached hydrogens (tertiary/aromatic N) is 1. The van der Waals surface area contributed by atoms with Crippen molar-refractivity contribution in [1.29, 1.82) is 0 Å². The standard InChI is InChI=1S/C11H19N3O/c1-2-3-5-15-6-4-14-11-7-10(12)8-13-9-11/h7-9,14H,2-6,12H2,1H3. The smallest absolute Gasteiger partial charge is 0.0639 e. The van der Waals surface area contributed by atoms with E-state index in [2.05, 4.69) is 17.2 Å². The molecule has 1 aromatic heterocycles. The highest BCUT2D eigenvalue weighted by Crippen LogP contribution is 2.08. The number of nitrogens with two attached hydrogens (primary N) is 1. The fourth-order valence-corrected chi connectivity index (χ4v) is 1.17. The highest BCUT2D eigenvalue weighted by Gasteiger charge is 1.93. The second-order valence-electron chi connectivity index (χ2n) is 3.40. The molecular formula is C11H19N3O. The number of pyridine rings is 1. The van der Waals surface area contributed by atoms with Crippen LogP contribution in [0.15, 0.2) is 18.5 Å². The number of hydrogen-bond acceptors (Lipinski definition) is 4. The van der Waals surface area contributed by atoms with Gasteiger partial charge in [-0.2, -0.15) is 0 Å². The molecule has 15 heavy (non-hydrogen) atoms. The SMILES string of the molecule is CCCCOCCNc1cncc(N)c1. The number of aromatic nitrogens is 1. The molecule has 0 atom stereocenters. The summed E-state index contributed by atoms with van der Waals surface area (Å²) in [6.07, 6.45) is 5.68. The summed E-state index contributed by atoms with van der Waals surface area (Å²) in [5.74, 6) is 0. The van der Waals surface area contributed by atoms with Gasteiger partial charge in [0, 0.05) is 19.3 Å². The van der Waals surface area contributed by atoms with Crippen LogP contribution < -0.4 is 11.1 Å². The van der Waals surface area contributed by atoms with Gasteiger partial charge in [0.15, 0.2) is 0 Å². The van der Waals surface area contributed by atoms with Crippen LogP contribution in [0.2, 0.25) is 0 Å². The lowest BCUT2D eigenvalue weighted by molar-refractivity contribution is 0.141. The number of nitrogen functional groups attached to an aromatic ring is 1. The van der Waals surface area contributed by atoms with Crippen molar-refractivity contribution >= 4 is 11.4 Å². The maximum Gasteiger partial charge on any atom is 0.0639 e. The Morgan fingerprint density at radius 3 is 3.00 bits per heavy atom. The van der Waals surface area contributed by atoms with Crippen molar-refractivity contribution in [3.8, 4) is 0 Å². The van der Waals surface area contributed by atoms with Gasteiger partial charge in [0.05, 0.1) is 24.2 Å². The van der Waals surface area contributed by atoms with Crippen molar-refractivity contribution in [2.45, 2.75) is 19.8 Å². The molecule has 1 aromatic rings. The van der Waals surface area contributed by atoms with Gasteiger partial charge in [0.2, 0.25) is 0 Å². The number of unbranched alkanes of at least 4 members (excludes halogenated alkanes) is 1. The molecule has 0 saturated carbocycles. The van der Waals surface area contributed by atoms with E-state index in [4.69, 9.17) is 10.5 Å². The Bertz CT molecular complexity index is 278. The summed E-state index contributed by atoms with van der Waals surface area (Å²) in [6.45, 7) is 4.50. The molecule has 0 radical (unpaired) electrons. The molecule has 0 amide bonds. The van der Waals surface area contributed by atoms with Crippen molar-refractivity contribution < 1.29 is 4.74 Å². The lowest BCUT2D eigenvalue weighted by atomic mass is 10.3. The van der Waals surface area contributed by atoms with E-state index < -0.39 is 0 Å². The van der Waals surface area contributed by atoms with Crippen molar-refractivity contribution in [3.63, 3.8) is 0 Å². The maximum absolute atomic E-state index is 5.59. The topological polar surface area (TPSA) is 60.2 Å². The summed E-state index contributed by atoms with van der Waals surface area (Å²) in [5.41, 5.74) is 7.21. The second kappa shape index (κ2) is 7.06. The minimum atomic E-state index is 0.673. The van der Waals surface area contributed by atoms with Gasteiger partial charge in [0.1, 0.15) is 0 Å². The van der Waals surface area contributed by atoms with Crippen LogP contribution in [-0.2, 0) is 4.74 Å². The van der Waals surface area contributed by atoms with Crippen molar-refractivity contribution in [1.82, 2.24) is 4.98 Å². The Morgan fingerprint density at radius 2 is 2.27 bits per heavy atom. The van der Waals surface area contributed by atoms with Gasteiger partial charge in [-0.15, -0.1) is 0 Å². The first-order valence-electron chi connectivity index (χ1n) is 5.35. The number of ether oxygens (including phenoxy) is 1. The van der Waals surface area contributed by atoms with Crippen LogP contribution in [-0.4, -0.2) is 24.7 Å². The molecule has 0 spiro atoms. The molecule has 0 bridgehead atoms. The zero-order valence-electron chi connectivity index (χ0n) is 9.20. The first-order valence-corrected chi connectivity index (χ1v) is 5.35. The number of hydrogen-bond donors (Lipinski definition) is 2. The maximum atomic E-state index is 5.59. The van der Waals surface area contributed by atoms with E-state index in [9.17, 15) is 0 Å². The van der Waals surface area contributed by atoms with E-state index in [1.54, 1.807) is 12.4 Å². The molecule has 3 N–H and O–H groups in total. The first-order chi connectivity index (χ1) is 7.33. The Balaban J connectivity index is 2.10. The van der Waals surface area contributed by atoms with E-state index in [1.165, 1.54) is 6.42 Å². The summed E-state index contributed by atoms with van der Waals surface area (Å²) < 4.78 is 5.41. The molecule has 0 aliphatic carbocycles. The zero-order valence-corrected chi connectivity index (χ0v) is 9.20. The second-order valence-corrected chi connectivity index (χ2v) is 3.40. The van der Waals surface area contributed by atoms with Crippen LogP contribution in [0.1, 0.15) is 19.8 Å². The van der Waals surface area contributed by atoms with Gasteiger partial charge >= 0.3 is 0 Å². The van der Waals surface area contributed by atoms with Crippen LogP contribution in [0.3, 0.4) is 0 Å². The van der Waals surface area contributed by atoms with E-state index >= 15 is 0 Å². The average molecular weight is 209 g/mol. The third kappa shape index (κ3) is 5.22. The van der Waals surface area contributed by atoms with Crippen LogP contribution in [0.5, 0.6) is 0 Å². The third-order valence-electron chi connectivity index (χ3n) is 1.98. The molecule has 0 fully saturated rings. The third-order valence-corrected chi connectivity index (χ3v) is 1.98. The fraction of sp³-hybridized carbons (Fsp3) is 0.545. The lowest BCUT2D eigenvalue weighted by Crippen LogP contribution is -2.10. The highest BCUT2D eigenvalue weighted by atomic mass is 16.5. The minimum absolute atomic E-state index is 0.673. The number of rotatable bonds is 7. The van der Waals surface area contributed by atoms with Gasteiger partial charge in [0.25, 0.3) is 0 Å². The minimum Gasteiger partial charge on any atom is -0.397 e. The van der Waals surface area contributed by atoms with Gasteiger partial charge in [-0.25, -0.2) is 0 Å². The molecule has 4 heteroatoms. The van der Waals surface area contributed by atoms with E-state index in [0.29, 0.717) is 5.69 Å². The van der Waals surface area contributed by atoms with Crippen molar-refractivity contribution in [2.75, 3.05) is 30.8 Å². The summed E-state index contributed by atoms with van der Waals surface area (Å²) in [7, 11) is 0. The zero-order chi connectivity index (χ0) is 10.9. The highest BCUT2D eigenvalue weighted by molar-refractivity contribution is 5.51. The fourth-order valence-electron chi connectivity index (χ4n) is 1.17. The van der Waals surface area contributed by atoms with Gasteiger partial charge in [-0.3, -0.25) is 4.98 Å². The molecular weight excluding hydrogens is 190 g/mol. The molecule has 0 aliphatic heterocycles. The largest absolute Gasteiger partial charge is 0.397 e.